The lowest BCUT2D eigenvalue weighted by Gasteiger charge is -2.19. The first kappa shape index (κ1) is 18.5. The molecule has 4 nitrogen and oxygen atoms in total. The lowest BCUT2D eigenvalue weighted by Crippen LogP contribution is -2.38. The summed E-state index contributed by atoms with van der Waals surface area (Å²) in [4.78, 5) is 0. The maximum Gasteiger partial charge on any atom is 0.0843 e. The largest absolute Gasteiger partial charge is 0.395 e. The highest BCUT2D eigenvalue weighted by molar-refractivity contribution is 6.33. The molecule has 0 spiro atoms. The van der Waals surface area contributed by atoms with Crippen molar-refractivity contribution in [2.45, 2.75) is 32.0 Å². The summed E-state index contributed by atoms with van der Waals surface area (Å²) in [6.07, 6.45) is 0.237. The van der Waals surface area contributed by atoms with Gasteiger partial charge in [0.05, 0.1) is 19.3 Å². The van der Waals surface area contributed by atoms with Crippen LogP contribution in [0.15, 0.2) is 36.4 Å². The van der Waals surface area contributed by atoms with Gasteiger partial charge >= 0.3 is 0 Å². The highest BCUT2D eigenvalue weighted by Gasteiger charge is 2.15. The molecule has 25 heavy (non-hydrogen) atoms. The second-order valence-corrected chi connectivity index (χ2v) is 7.16. The van der Waals surface area contributed by atoms with Crippen LogP contribution in [0.3, 0.4) is 0 Å². The van der Waals surface area contributed by atoms with Crippen LogP contribution in [0.1, 0.15) is 13.3 Å². The molecule has 0 amide bonds. The van der Waals surface area contributed by atoms with Gasteiger partial charge in [0.1, 0.15) is 0 Å². The van der Waals surface area contributed by atoms with Crippen LogP contribution < -0.4 is 5.32 Å². The average Bonchev–Trinajstić information content (AvgIpc) is 2.88. The monoisotopic (exact) mass is 380 g/mol. The minimum absolute atomic E-state index is 0.00501. The topological polar surface area (TPSA) is 57.4 Å². The molecule has 1 aromatic heterocycles. The minimum atomic E-state index is -0.578. The van der Waals surface area contributed by atoms with Crippen LogP contribution in [0.2, 0.25) is 10.0 Å². The molecule has 0 saturated heterocycles. The molecule has 0 aliphatic heterocycles. The second kappa shape index (κ2) is 7.94. The van der Waals surface area contributed by atoms with Crippen LogP contribution in [-0.4, -0.2) is 40.1 Å². The molecule has 6 heteroatoms. The van der Waals surface area contributed by atoms with E-state index >= 15 is 0 Å². The maximum atomic E-state index is 10.5. The van der Waals surface area contributed by atoms with Gasteiger partial charge in [-0.05, 0) is 42.8 Å². The summed E-state index contributed by atoms with van der Waals surface area (Å²) >= 11 is 12.3. The summed E-state index contributed by atoms with van der Waals surface area (Å²) < 4.78 is 2.09. The van der Waals surface area contributed by atoms with Crippen molar-refractivity contribution in [3.8, 4) is 0 Å². The molecule has 0 radical (unpaired) electrons. The number of fused-ring (bicyclic) bond motifs is 3. The van der Waals surface area contributed by atoms with Crippen LogP contribution in [-0.2, 0) is 6.54 Å². The molecule has 0 aliphatic carbocycles. The summed E-state index contributed by atoms with van der Waals surface area (Å²) in [5.41, 5.74) is 2.02. The third-order valence-corrected chi connectivity index (χ3v) is 5.01. The molecule has 0 fully saturated rings. The van der Waals surface area contributed by atoms with E-state index in [4.69, 9.17) is 23.2 Å². The molecule has 3 rings (SSSR count). The van der Waals surface area contributed by atoms with Crippen LogP contribution >= 0.6 is 23.2 Å². The Morgan fingerprint density at radius 3 is 2.08 bits per heavy atom. The summed E-state index contributed by atoms with van der Waals surface area (Å²) in [7, 11) is 0. The lowest BCUT2D eigenvalue weighted by atomic mass is 10.1. The number of hydrogen-bond acceptors (Lipinski definition) is 3. The number of nitrogens with one attached hydrogen (secondary N) is 1. The fourth-order valence-electron chi connectivity index (χ4n) is 3.16. The second-order valence-electron chi connectivity index (χ2n) is 6.28. The normalized spacial score (nSPS) is 14.3. The van der Waals surface area contributed by atoms with Gasteiger partial charge in [0.2, 0.25) is 0 Å². The van der Waals surface area contributed by atoms with Gasteiger partial charge in [-0.2, -0.15) is 0 Å². The standard InChI is InChI=1S/C19H22Cl2N2O2/c1-2-14(11-24)22-9-15(25)10-23-18-5-3-12(20)7-16(18)17-8-13(21)4-6-19(17)23/h3-8,14-15,22,24-25H,2,9-11H2,1H3/t14-,15+/m1/s1. The Bertz CT molecular complexity index is 815. The van der Waals surface area contributed by atoms with Gasteiger partial charge in [0.15, 0.2) is 0 Å². The summed E-state index contributed by atoms with van der Waals surface area (Å²) in [5.74, 6) is 0. The van der Waals surface area contributed by atoms with Crippen LogP contribution in [0.25, 0.3) is 21.8 Å². The van der Waals surface area contributed by atoms with E-state index < -0.39 is 6.10 Å². The van der Waals surface area contributed by atoms with Crippen molar-refractivity contribution in [1.82, 2.24) is 9.88 Å². The zero-order valence-electron chi connectivity index (χ0n) is 14.0. The lowest BCUT2D eigenvalue weighted by molar-refractivity contribution is 0.141. The van der Waals surface area contributed by atoms with Gasteiger partial charge in [-0.15, -0.1) is 0 Å². The molecule has 0 bridgehead atoms. The Hall–Kier alpha value is -1.30. The molecule has 3 N–H and O–H groups in total. The van der Waals surface area contributed by atoms with Crippen molar-refractivity contribution in [3.63, 3.8) is 0 Å². The molecule has 1 heterocycles. The van der Waals surface area contributed by atoms with Crippen LogP contribution in [0.4, 0.5) is 0 Å². The van der Waals surface area contributed by atoms with Crippen molar-refractivity contribution in [2.75, 3.05) is 13.2 Å². The van der Waals surface area contributed by atoms with Gasteiger partial charge < -0.3 is 20.1 Å². The Balaban J connectivity index is 1.94. The minimum Gasteiger partial charge on any atom is -0.395 e. The fraction of sp³-hybridized carbons (Fsp3) is 0.368. The van der Waals surface area contributed by atoms with E-state index in [1.807, 2.05) is 43.3 Å². The molecule has 2 atom stereocenters. The third-order valence-electron chi connectivity index (χ3n) is 4.54. The number of hydrogen-bond donors (Lipinski definition) is 3. The number of halogens is 2. The van der Waals surface area contributed by atoms with Crippen LogP contribution in [0, 0.1) is 0 Å². The number of nitrogens with zero attached hydrogens (tertiary/aromatic N) is 1. The Labute approximate surface area is 157 Å². The molecule has 0 saturated carbocycles. The number of rotatable bonds is 7. The molecule has 0 aliphatic rings. The smallest absolute Gasteiger partial charge is 0.0843 e. The van der Waals surface area contributed by atoms with E-state index in [9.17, 15) is 10.2 Å². The van der Waals surface area contributed by atoms with Gasteiger partial charge in [0, 0.05) is 44.4 Å². The predicted octanol–water partition coefficient (Wildman–Crippen LogP) is 3.82. The molecular formula is C19H22Cl2N2O2. The number of aliphatic hydroxyl groups is 2. The average molecular weight is 381 g/mol. The molecule has 2 aromatic carbocycles. The zero-order valence-corrected chi connectivity index (χ0v) is 15.6. The van der Waals surface area contributed by atoms with E-state index in [0.717, 1.165) is 28.2 Å². The van der Waals surface area contributed by atoms with Crippen molar-refractivity contribution in [3.05, 3.63) is 46.4 Å². The fourth-order valence-corrected chi connectivity index (χ4v) is 3.51. The summed E-state index contributed by atoms with van der Waals surface area (Å²) in [6.45, 7) is 2.93. The Kier molecular flexibility index (Phi) is 5.87. The molecular weight excluding hydrogens is 359 g/mol. The first-order valence-corrected chi connectivity index (χ1v) is 9.18. The van der Waals surface area contributed by atoms with Crippen molar-refractivity contribution in [1.29, 1.82) is 0 Å². The summed E-state index contributed by atoms with van der Waals surface area (Å²) in [5, 5.41) is 26.3. The summed E-state index contributed by atoms with van der Waals surface area (Å²) in [6, 6.07) is 11.5. The van der Waals surface area contributed by atoms with Crippen molar-refractivity contribution >= 4 is 45.0 Å². The van der Waals surface area contributed by atoms with E-state index in [-0.39, 0.29) is 12.6 Å². The van der Waals surface area contributed by atoms with Crippen molar-refractivity contribution < 1.29 is 10.2 Å². The van der Waals surface area contributed by atoms with Crippen molar-refractivity contribution in [2.24, 2.45) is 0 Å². The molecule has 3 aromatic rings. The highest BCUT2D eigenvalue weighted by atomic mass is 35.5. The Morgan fingerprint density at radius 2 is 1.60 bits per heavy atom. The van der Waals surface area contributed by atoms with E-state index in [1.165, 1.54) is 0 Å². The van der Waals surface area contributed by atoms with Crippen LogP contribution in [0.5, 0.6) is 0 Å². The highest BCUT2D eigenvalue weighted by Crippen LogP contribution is 2.32. The molecule has 134 valence electrons. The third kappa shape index (κ3) is 3.94. The number of aromatic nitrogens is 1. The number of benzene rings is 2. The Morgan fingerprint density at radius 1 is 1.04 bits per heavy atom. The van der Waals surface area contributed by atoms with Gasteiger partial charge in [0.25, 0.3) is 0 Å². The molecule has 0 unspecified atom stereocenters. The first-order chi connectivity index (χ1) is 12.0. The SMILES string of the molecule is CC[C@H](CO)NC[C@H](O)Cn1c2ccc(Cl)cc2c2cc(Cl)ccc21. The van der Waals surface area contributed by atoms with Gasteiger partial charge in [-0.3, -0.25) is 0 Å². The van der Waals surface area contributed by atoms with E-state index in [0.29, 0.717) is 23.1 Å². The quantitative estimate of drug-likeness (QED) is 0.583. The first-order valence-electron chi connectivity index (χ1n) is 8.42. The maximum absolute atomic E-state index is 10.5. The predicted molar refractivity (Wildman–Crippen MR) is 105 cm³/mol. The van der Waals surface area contributed by atoms with Gasteiger partial charge in [-0.1, -0.05) is 30.1 Å². The zero-order chi connectivity index (χ0) is 18.0. The van der Waals surface area contributed by atoms with Gasteiger partial charge in [-0.25, -0.2) is 0 Å². The van der Waals surface area contributed by atoms with E-state index in [1.54, 1.807) is 0 Å². The van der Waals surface area contributed by atoms with E-state index in [2.05, 4.69) is 9.88 Å². The number of aliphatic hydroxyl groups excluding tert-OH is 2.